The van der Waals surface area contributed by atoms with Crippen molar-refractivity contribution in [3.63, 3.8) is 0 Å². The number of fused-ring (bicyclic) bond motifs is 1. The number of carbonyl (C=O) groups excluding carboxylic acids is 1. The van der Waals surface area contributed by atoms with Crippen molar-refractivity contribution < 1.29 is 14.3 Å². The van der Waals surface area contributed by atoms with Gasteiger partial charge in [-0.15, -0.1) is 0 Å². The number of hydrogen-bond donors (Lipinski definition) is 2. The number of aromatic nitrogens is 3. The summed E-state index contributed by atoms with van der Waals surface area (Å²) >= 11 is 6.05. The van der Waals surface area contributed by atoms with Crippen LogP contribution in [0, 0.1) is 0 Å². The monoisotopic (exact) mass is 293 g/mol. The van der Waals surface area contributed by atoms with E-state index in [1.54, 1.807) is 12.1 Å². The molecule has 1 aromatic carbocycles. The number of halogens is 1. The lowest BCUT2D eigenvalue weighted by atomic mass is 10.2. The molecule has 0 atom stereocenters. The Hall–Kier alpha value is -2.61. The third kappa shape index (κ3) is 2.41. The molecule has 0 saturated heterocycles. The zero-order valence-corrected chi connectivity index (χ0v) is 10.7. The van der Waals surface area contributed by atoms with Gasteiger partial charge in [-0.1, -0.05) is 11.6 Å². The van der Waals surface area contributed by atoms with Crippen molar-refractivity contribution in [1.82, 2.24) is 20.6 Å². The molecule has 2 heterocycles. The van der Waals surface area contributed by atoms with E-state index in [2.05, 4.69) is 25.7 Å². The van der Waals surface area contributed by atoms with Gasteiger partial charge >= 0.3 is 5.91 Å². The molecule has 9 heteroatoms. The summed E-state index contributed by atoms with van der Waals surface area (Å²) in [4.78, 5) is 15.2. The van der Waals surface area contributed by atoms with Crippen molar-refractivity contribution in [2.24, 2.45) is 5.10 Å². The standard InChI is InChI=1S/C11H8ClN5O3/c12-7-2-9-8(19-5-20-9)1-6(7)3-14-17-11(18)10-13-4-15-16-10/h1-4H,5H2,(H,17,18)(H,13,15,16)/b14-3+. The zero-order chi connectivity index (χ0) is 13.9. The molecule has 0 radical (unpaired) electrons. The number of benzene rings is 1. The van der Waals surface area contributed by atoms with E-state index in [9.17, 15) is 4.79 Å². The fourth-order valence-electron chi connectivity index (χ4n) is 1.56. The van der Waals surface area contributed by atoms with Crippen LogP contribution in [0.3, 0.4) is 0 Å². The molecule has 1 aliphatic heterocycles. The number of amides is 1. The van der Waals surface area contributed by atoms with E-state index in [0.29, 0.717) is 22.1 Å². The Morgan fingerprint density at radius 3 is 3.00 bits per heavy atom. The minimum absolute atomic E-state index is 0.0685. The number of ether oxygens (including phenoxy) is 2. The van der Waals surface area contributed by atoms with Gasteiger partial charge in [0.15, 0.2) is 11.5 Å². The lowest BCUT2D eigenvalue weighted by Gasteiger charge is -2.01. The third-order valence-electron chi connectivity index (χ3n) is 2.49. The maximum atomic E-state index is 11.5. The Labute approximate surface area is 117 Å². The second-order valence-corrected chi connectivity index (χ2v) is 4.17. The Morgan fingerprint density at radius 1 is 1.45 bits per heavy atom. The van der Waals surface area contributed by atoms with Gasteiger partial charge in [0, 0.05) is 11.6 Å². The van der Waals surface area contributed by atoms with Crippen molar-refractivity contribution in [3.8, 4) is 11.5 Å². The average molecular weight is 294 g/mol. The summed E-state index contributed by atoms with van der Waals surface area (Å²) in [5.41, 5.74) is 2.89. The van der Waals surface area contributed by atoms with Gasteiger partial charge in [-0.25, -0.2) is 10.4 Å². The Morgan fingerprint density at radius 2 is 2.25 bits per heavy atom. The Kier molecular flexibility index (Phi) is 3.21. The summed E-state index contributed by atoms with van der Waals surface area (Å²) in [5.74, 6) is 0.727. The molecule has 0 bridgehead atoms. The molecule has 2 N–H and O–H groups in total. The zero-order valence-electron chi connectivity index (χ0n) is 9.96. The van der Waals surface area contributed by atoms with Crippen LogP contribution in [0.2, 0.25) is 5.02 Å². The predicted octanol–water partition coefficient (Wildman–Crippen LogP) is 0.951. The number of hydrazone groups is 1. The van der Waals surface area contributed by atoms with Crippen LogP contribution in [-0.4, -0.2) is 34.1 Å². The molecule has 1 aromatic heterocycles. The average Bonchev–Trinajstić information content (AvgIpc) is 3.08. The molecule has 0 saturated carbocycles. The van der Waals surface area contributed by atoms with E-state index in [0.717, 1.165) is 0 Å². The largest absolute Gasteiger partial charge is 0.454 e. The Bertz CT molecular complexity index is 671. The summed E-state index contributed by atoms with van der Waals surface area (Å²) in [7, 11) is 0. The molecular formula is C11H8ClN5O3. The molecule has 1 amide bonds. The number of H-pyrrole nitrogens is 1. The molecule has 3 rings (SSSR count). The highest BCUT2D eigenvalue weighted by Gasteiger charge is 2.15. The van der Waals surface area contributed by atoms with Crippen molar-refractivity contribution in [2.45, 2.75) is 0 Å². The molecule has 0 spiro atoms. The summed E-state index contributed by atoms with van der Waals surface area (Å²) in [6.45, 7) is 0.161. The third-order valence-corrected chi connectivity index (χ3v) is 2.82. The van der Waals surface area contributed by atoms with Crippen LogP contribution < -0.4 is 14.9 Å². The van der Waals surface area contributed by atoms with Crippen LogP contribution in [0.1, 0.15) is 16.2 Å². The summed E-state index contributed by atoms with van der Waals surface area (Å²) in [5, 5.41) is 10.2. The summed E-state index contributed by atoms with van der Waals surface area (Å²) < 4.78 is 10.4. The van der Waals surface area contributed by atoms with Crippen molar-refractivity contribution in [2.75, 3.05) is 6.79 Å². The normalized spacial score (nSPS) is 12.8. The molecule has 20 heavy (non-hydrogen) atoms. The van der Waals surface area contributed by atoms with Crippen LogP contribution in [-0.2, 0) is 0 Å². The minimum Gasteiger partial charge on any atom is -0.454 e. The molecule has 0 aliphatic carbocycles. The van der Waals surface area contributed by atoms with Crippen molar-refractivity contribution in [3.05, 3.63) is 34.9 Å². The fourth-order valence-corrected chi connectivity index (χ4v) is 1.76. The first kappa shape index (κ1) is 12.4. The van der Waals surface area contributed by atoms with Gasteiger partial charge in [0.25, 0.3) is 0 Å². The quantitative estimate of drug-likeness (QED) is 0.648. The number of aromatic amines is 1. The smallest absolute Gasteiger partial charge is 0.308 e. The summed E-state index contributed by atoms with van der Waals surface area (Å²) in [6, 6.07) is 3.30. The van der Waals surface area contributed by atoms with E-state index in [1.807, 2.05) is 0 Å². The van der Waals surface area contributed by atoms with Gasteiger partial charge in [0.05, 0.1) is 11.2 Å². The van der Waals surface area contributed by atoms with Crippen LogP contribution in [0.25, 0.3) is 0 Å². The highest BCUT2D eigenvalue weighted by molar-refractivity contribution is 6.33. The van der Waals surface area contributed by atoms with Crippen LogP contribution >= 0.6 is 11.6 Å². The first-order valence-corrected chi connectivity index (χ1v) is 5.90. The molecule has 8 nitrogen and oxygen atoms in total. The second kappa shape index (κ2) is 5.17. The number of carbonyl (C=O) groups is 1. The molecule has 2 aromatic rings. The molecule has 0 fully saturated rings. The molecule has 1 aliphatic rings. The molecule has 0 unspecified atom stereocenters. The van der Waals surface area contributed by atoms with Gasteiger partial charge in [0.2, 0.25) is 12.6 Å². The fraction of sp³-hybridized carbons (Fsp3) is 0.0909. The van der Waals surface area contributed by atoms with Crippen LogP contribution in [0.5, 0.6) is 11.5 Å². The van der Waals surface area contributed by atoms with Gasteiger partial charge < -0.3 is 9.47 Å². The topological polar surface area (TPSA) is 101 Å². The number of hydrogen-bond acceptors (Lipinski definition) is 6. The van der Waals surface area contributed by atoms with E-state index >= 15 is 0 Å². The number of nitrogens with one attached hydrogen (secondary N) is 2. The second-order valence-electron chi connectivity index (χ2n) is 3.76. The first-order valence-electron chi connectivity index (χ1n) is 5.52. The molecular weight excluding hydrogens is 286 g/mol. The van der Waals surface area contributed by atoms with E-state index in [1.165, 1.54) is 12.5 Å². The predicted molar refractivity (Wildman–Crippen MR) is 69.0 cm³/mol. The van der Waals surface area contributed by atoms with Crippen LogP contribution in [0.4, 0.5) is 0 Å². The summed E-state index contributed by atoms with van der Waals surface area (Å²) in [6.07, 6.45) is 2.63. The number of rotatable bonds is 3. The van der Waals surface area contributed by atoms with Crippen LogP contribution in [0.15, 0.2) is 23.6 Å². The molecule has 102 valence electrons. The number of nitrogens with zero attached hydrogens (tertiary/aromatic N) is 3. The lowest BCUT2D eigenvalue weighted by Crippen LogP contribution is -2.19. The SMILES string of the molecule is O=C(N/N=C/c1cc2c(cc1Cl)OCO2)c1ncn[nH]1. The maximum absolute atomic E-state index is 11.5. The van der Waals surface area contributed by atoms with Gasteiger partial charge in [-0.2, -0.15) is 10.2 Å². The first-order chi connectivity index (χ1) is 9.74. The highest BCUT2D eigenvalue weighted by atomic mass is 35.5. The van der Waals surface area contributed by atoms with Crippen molar-refractivity contribution in [1.29, 1.82) is 0 Å². The highest BCUT2D eigenvalue weighted by Crippen LogP contribution is 2.36. The van der Waals surface area contributed by atoms with Gasteiger partial charge in [-0.3, -0.25) is 9.89 Å². The Balaban J connectivity index is 1.72. The van der Waals surface area contributed by atoms with E-state index in [-0.39, 0.29) is 12.6 Å². The van der Waals surface area contributed by atoms with Gasteiger partial charge in [0.1, 0.15) is 6.33 Å². The van der Waals surface area contributed by atoms with E-state index < -0.39 is 5.91 Å². The maximum Gasteiger partial charge on any atom is 0.308 e. The minimum atomic E-state index is -0.504. The van der Waals surface area contributed by atoms with E-state index in [4.69, 9.17) is 21.1 Å². The van der Waals surface area contributed by atoms with Gasteiger partial charge in [-0.05, 0) is 6.07 Å². The lowest BCUT2D eigenvalue weighted by molar-refractivity contribution is 0.0945. The van der Waals surface area contributed by atoms with Crippen molar-refractivity contribution >= 4 is 23.7 Å².